The van der Waals surface area contributed by atoms with Crippen LogP contribution in [-0.2, 0) is 13.0 Å². The van der Waals surface area contributed by atoms with Crippen molar-refractivity contribution >= 4 is 17.0 Å². The summed E-state index contributed by atoms with van der Waals surface area (Å²) >= 11 is 1.80. The number of nitrogen functional groups attached to an aromatic ring is 1. The van der Waals surface area contributed by atoms with E-state index in [1.165, 1.54) is 4.88 Å². The van der Waals surface area contributed by atoms with Crippen LogP contribution in [0.5, 0.6) is 0 Å². The maximum absolute atomic E-state index is 5.60. The zero-order chi connectivity index (χ0) is 12.1. The molecule has 0 aromatic carbocycles. The van der Waals surface area contributed by atoms with Crippen LogP contribution < -0.4 is 5.73 Å². The molecular weight excluding hydrogens is 230 g/mol. The molecular formula is C13H17N3S. The number of likely N-dealkylation sites (N-methyl/N-ethyl adjacent to an activating group) is 1. The fourth-order valence-electron chi connectivity index (χ4n) is 1.64. The van der Waals surface area contributed by atoms with Crippen molar-refractivity contribution in [2.75, 3.05) is 19.3 Å². The van der Waals surface area contributed by atoms with Crippen LogP contribution in [0.1, 0.15) is 10.6 Å². The number of nitrogens with two attached hydrogens (primary N) is 1. The van der Waals surface area contributed by atoms with Gasteiger partial charge in [0.1, 0.15) is 0 Å². The summed E-state index contributed by atoms with van der Waals surface area (Å²) in [6.07, 6.45) is 2.68. The third-order valence-electron chi connectivity index (χ3n) is 2.60. The van der Waals surface area contributed by atoms with Gasteiger partial charge in [0.15, 0.2) is 0 Å². The molecule has 0 unspecified atom stereocenters. The first-order valence-electron chi connectivity index (χ1n) is 5.65. The van der Waals surface area contributed by atoms with Crippen LogP contribution in [-0.4, -0.2) is 23.5 Å². The molecule has 0 saturated heterocycles. The summed E-state index contributed by atoms with van der Waals surface area (Å²) in [5.74, 6) is 0. The Balaban J connectivity index is 1.79. The highest BCUT2D eigenvalue weighted by molar-refractivity contribution is 7.09. The fourth-order valence-corrected chi connectivity index (χ4v) is 2.42. The van der Waals surface area contributed by atoms with Gasteiger partial charge in [-0.1, -0.05) is 6.07 Å². The average molecular weight is 247 g/mol. The van der Waals surface area contributed by atoms with Crippen LogP contribution in [0.4, 0.5) is 5.69 Å². The van der Waals surface area contributed by atoms with Crippen molar-refractivity contribution in [2.45, 2.75) is 13.0 Å². The molecule has 2 aromatic heterocycles. The average Bonchev–Trinajstić information content (AvgIpc) is 2.81. The number of aromatic nitrogens is 1. The highest BCUT2D eigenvalue weighted by Crippen LogP contribution is 2.11. The van der Waals surface area contributed by atoms with Crippen LogP contribution in [0.2, 0.25) is 0 Å². The number of pyridine rings is 1. The Hall–Kier alpha value is -1.39. The van der Waals surface area contributed by atoms with E-state index in [0.29, 0.717) is 0 Å². The highest BCUT2D eigenvalue weighted by Gasteiger charge is 2.02. The zero-order valence-electron chi connectivity index (χ0n) is 9.97. The molecule has 2 N–H and O–H groups in total. The van der Waals surface area contributed by atoms with E-state index in [9.17, 15) is 0 Å². The van der Waals surface area contributed by atoms with Crippen LogP contribution in [0.3, 0.4) is 0 Å². The van der Waals surface area contributed by atoms with Gasteiger partial charge in [0, 0.05) is 30.1 Å². The van der Waals surface area contributed by atoms with E-state index in [4.69, 9.17) is 5.73 Å². The molecule has 4 heteroatoms. The first-order chi connectivity index (χ1) is 8.24. The van der Waals surface area contributed by atoms with Crippen molar-refractivity contribution in [1.29, 1.82) is 0 Å². The van der Waals surface area contributed by atoms with Gasteiger partial charge < -0.3 is 10.6 Å². The lowest BCUT2D eigenvalue weighted by atomic mass is 10.2. The molecule has 0 bridgehead atoms. The summed E-state index contributed by atoms with van der Waals surface area (Å²) in [5.41, 5.74) is 7.42. The normalized spacial score (nSPS) is 10.9. The Bertz CT molecular complexity index is 436. The van der Waals surface area contributed by atoms with Gasteiger partial charge in [-0.15, -0.1) is 11.3 Å². The van der Waals surface area contributed by atoms with Crippen LogP contribution in [0.25, 0.3) is 0 Å². The van der Waals surface area contributed by atoms with Crippen molar-refractivity contribution in [1.82, 2.24) is 9.88 Å². The predicted molar refractivity (Wildman–Crippen MR) is 73.0 cm³/mol. The monoisotopic (exact) mass is 247 g/mol. The van der Waals surface area contributed by atoms with Gasteiger partial charge in [-0.05, 0) is 30.6 Å². The lowest BCUT2D eigenvalue weighted by Gasteiger charge is -2.15. The molecule has 0 saturated carbocycles. The maximum atomic E-state index is 5.60. The van der Waals surface area contributed by atoms with Gasteiger partial charge in [-0.3, -0.25) is 4.98 Å². The quantitative estimate of drug-likeness (QED) is 0.882. The number of hydrogen-bond donors (Lipinski definition) is 1. The SMILES string of the molecule is CN(CCc1ccc(N)cn1)Cc1cccs1. The van der Waals surface area contributed by atoms with Gasteiger partial charge in [-0.25, -0.2) is 0 Å². The van der Waals surface area contributed by atoms with Gasteiger partial charge in [0.25, 0.3) is 0 Å². The van der Waals surface area contributed by atoms with Crippen molar-refractivity contribution in [3.8, 4) is 0 Å². The van der Waals surface area contributed by atoms with E-state index >= 15 is 0 Å². The number of thiophene rings is 1. The molecule has 0 fully saturated rings. The molecule has 0 aliphatic carbocycles. The van der Waals surface area contributed by atoms with Crippen LogP contribution in [0.15, 0.2) is 35.8 Å². The van der Waals surface area contributed by atoms with Crippen molar-refractivity contribution < 1.29 is 0 Å². The Morgan fingerprint density at radius 1 is 1.35 bits per heavy atom. The molecule has 2 heterocycles. The molecule has 0 aliphatic rings. The van der Waals surface area contributed by atoms with E-state index in [2.05, 4.69) is 34.4 Å². The van der Waals surface area contributed by atoms with Crippen LogP contribution >= 0.6 is 11.3 Å². The number of anilines is 1. The second-order valence-corrected chi connectivity index (χ2v) is 5.18. The molecule has 17 heavy (non-hydrogen) atoms. The van der Waals surface area contributed by atoms with Crippen molar-refractivity contribution in [3.05, 3.63) is 46.4 Å². The molecule has 0 spiro atoms. The second-order valence-electron chi connectivity index (χ2n) is 4.15. The lowest BCUT2D eigenvalue weighted by molar-refractivity contribution is 0.333. The minimum absolute atomic E-state index is 0.723. The Labute approximate surface area is 106 Å². The summed E-state index contributed by atoms with van der Waals surface area (Å²) in [5, 5.41) is 2.12. The molecule has 90 valence electrons. The first kappa shape index (κ1) is 12.1. The molecule has 0 amide bonds. The topological polar surface area (TPSA) is 42.1 Å². The molecule has 2 rings (SSSR count). The minimum atomic E-state index is 0.723. The number of nitrogens with zero attached hydrogens (tertiary/aromatic N) is 2. The molecule has 0 atom stereocenters. The van der Waals surface area contributed by atoms with Gasteiger partial charge in [-0.2, -0.15) is 0 Å². The lowest BCUT2D eigenvalue weighted by Crippen LogP contribution is -2.20. The smallest absolute Gasteiger partial charge is 0.0501 e. The van der Waals surface area contributed by atoms with Crippen molar-refractivity contribution in [2.24, 2.45) is 0 Å². The summed E-state index contributed by atoms with van der Waals surface area (Å²) in [7, 11) is 2.14. The predicted octanol–water partition coefficient (Wildman–Crippen LogP) is 2.40. The van der Waals surface area contributed by atoms with E-state index in [1.54, 1.807) is 17.5 Å². The molecule has 0 radical (unpaired) electrons. The van der Waals surface area contributed by atoms with Crippen LogP contribution in [0, 0.1) is 0 Å². The van der Waals surface area contributed by atoms with Crippen molar-refractivity contribution in [3.63, 3.8) is 0 Å². The standard InChI is InChI=1S/C13H17N3S/c1-16(10-13-3-2-8-17-13)7-6-12-5-4-11(14)9-15-12/h2-5,8-9H,6-7,10,14H2,1H3. The molecule has 3 nitrogen and oxygen atoms in total. The Morgan fingerprint density at radius 3 is 2.88 bits per heavy atom. The summed E-state index contributed by atoms with van der Waals surface area (Å²) in [4.78, 5) is 8.01. The molecule has 2 aromatic rings. The summed E-state index contributed by atoms with van der Waals surface area (Å²) in [6, 6.07) is 8.16. The first-order valence-corrected chi connectivity index (χ1v) is 6.53. The number of rotatable bonds is 5. The van der Waals surface area contributed by atoms with Gasteiger partial charge in [0.05, 0.1) is 11.9 Å². The second kappa shape index (κ2) is 5.80. The van der Waals surface area contributed by atoms with E-state index < -0.39 is 0 Å². The highest BCUT2D eigenvalue weighted by atomic mass is 32.1. The third kappa shape index (κ3) is 3.84. The maximum Gasteiger partial charge on any atom is 0.0501 e. The molecule has 0 aliphatic heterocycles. The summed E-state index contributed by atoms with van der Waals surface area (Å²) in [6.45, 7) is 2.02. The summed E-state index contributed by atoms with van der Waals surface area (Å²) < 4.78 is 0. The largest absolute Gasteiger partial charge is 0.397 e. The Kier molecular flexibility index (Phi) is 4.12. The zero-order valence-corrected chi connectivity index (χ0v) is 10.8. The Morgan fingerprint density at radius 2 is 2.24 bits per heavy atom. The number of hydrogen-bond acceptors (Lipinski definition) is 4. The van der Waals surface area contributed by atoms with E-state index in [0.717, 1.165) is 30.9 Å². The van der Waals surface area contributed by atoms with Gasteiger partial charge >= 0.3 is 0 Å². The third-order valence-corrected chi connectivity index (χ3v) is 3.46. The van der Waals surface area contributed by atoms with Gasteiger partial charge in [0.2, 0.25) is 0 Å². The van der Waals surface area contributed by atoms with E-state index in [-0.39, 0.29) is 0 Å². The fraction of sp³-hybridized carbons (Fsp3) is 0.308. The van der Waals surface area contributed by atoms with E-state index in [1.807, 2.05) is 12.1 Å². The minimum Gasteiger partial charge on any atom is -0.397 e.